The van der Waals surface area contributed by atoms with Gasteiger partial charge in [0.1, 0.15) is 0 Å². The van der Waals surface area contributed by atoms with E-state index in [-0.39, 0.29) is 0 Å². The van der Waals surface area contributed by atoms with Crippen LogP contribution in [0.2, 0.25) is 0 Å². The van der Waals surface area contributed by atoms with Gasteiger partial charge in [-0.3, -0.25) is 4.79 Å². The van der Waals surface area contributed by atoms with E-state index in [1.807, 2.05) is 6.07 Å². The molecule has 0 heterocycles. The highest BCUT2D eigenvalue weighted by molar-refractivity contribution is 9.08. The molecule has 0 fully saturated rings. The first kappa shape index (κ1) is 9.75. The molecule has 0 aliphatic heterocycles. The Labute approximate surface area is 84.3 Å². The van der Waals surface area contributed by atoms with Gasteiger partial charge in [-0.25, -0.2) is 0 Å². The van der Waals surface area contributed by atoms with E-state index in [1.165, 1.54) is 6.07 Å². The van der Waals surface area contributed by atoms with E-state index in [4.69, 9.17) is 11.0 Å². The zero-order chi connectivity index (χ0) is 9.84. The zero-order valence-corrected chi connectivity index (χ0v) is 8.34. The number of nitriles is 1. The molecule has 0 radical (unpaired) electrons. The summed E-state index contributed by atoms with van der Waals surface area (Å²) in [5.41, 5.74) is 6.78. The van der Waals surface area contributed by atoms with Crippen molar-refractivity contribution in [3.63, 3.8) is 0 Å². The van der Waals surface area contributed by atoms with Gasteiger partial charge in [-0.15, -0.1) is 0 Å². The van der Waals surface area contributed by atoms with E-state index in [9.17, 15) is 4.79 Å². The Balaban J connectivity index is 3.24. The van der Waals surface area contributed by atoms with E-state index >= 15 is 0 Å². The van der Waals surface area contributed by atoms with Crippen molar-refractivity contribution in [2.24, 2.45) is 5.73 Å². The third-order valence-corrected chi connectivity index (χ3v) is 2.21. The average molecular weight is 239 g/mol. The lowest BCUT2D eigenvalue weighted by molar-refractivity contribution is 0.1000. The van der Waals surface area contributed by atoms with Crippen molar-refractivity contribution in [3.8, 4) is 6.07 Å². The summed E-state index contributed by atoms with van der Waals surface area (Å²) in [5, 5.41) is 9.25. The number of carbonyl (C=O) groups excluding carboxylic acids is 1. The predicted molar refractivity (Wildman–Crippen MR) is 52.3 cm³/mol. The summed E-state index contributed by atoms with van der Waals surface area (Å²) in [7, 11) is 0. The Morgan fingerprint density at radius 2 is 2.23 bits per heavy atom. The van der Waals surface area contributed by atoms with E-state index in [2.05, 4.69) is 15.9 Å². The topological polar surface area (TPSA) is 66.9 Å². The molecule has 0 saturated carbocycles. The minimum atomic E-state index is -0.515. The second-order valence-electron chi connectivity index (χ2n) is 2.53. The lowest BCUT2D eigenvalue weighted by Crippen LogP contribution is -2.11. The Morgan fingerprint density at radius 3 is 2.69 bits per heavy atom. The van der Waals surface area contributed by atoms with Crippen molar-refractivity contribution < 1.29 is 4.79 Å². The molecule has 1 aromatic carbocycles. The molecule has 1 rings (SSSR count). The van der Waals surface area contributed by atoms with Crippen LogP contribution in [0.1, 0.15) is 21.5 Å². The molecule has 13 heavy (non-hydrogen) atoms. The number of carbonyl (C=O) groups is 1. The van der Waals surface area contributed by atoms with Crippen LogP contribution in [0.25, 0.3) is 0 Å². The van der Waals surface area contributed by atoms with Crippen molar-refractivity contribution in [2.75, 3.05) is 0 Å². The van der Waals surface area contributed by atoms with Crippen LogP contribution in [0.3, 0.4) is 0 Å². The van der Waals surface area contributed by atoms with Crippen molar-refractivity contribution in [2.45, 2.75) is 5.33 Å². The molecule has 0 aromatic heterocycles. The molecule has 1 aromatic rings. The maximum atomic E-state index is 10.8. The molecular formula is C9H7BrN2O. The fraction of sp³-hybridized carbons (Fsp3) is 0.111. The number of alkyl halides is 1. The van der Waals surface area contributed by atoms with Gasteiger partial charge in [0.05, 0.1) is 11.6 Å². The third-order valence-electron chi connectivity index (χ3n) is 1.56. The van der Waals surface area contributed by atoms with E-state index < -0.39 is 5.91 Å². The van der Waals surface area contributed by atoms with Crippen LogP contribution >= 0.6 is 15.9 Å². The first-order valence-corrected chi connectivity index (χ1v) is 4.69. The Morgan fingerprint density at radius 1 is 1.54 bits per heavy atom. The SMILES string of the molecule is N#Cc1cc(CBr)cc(C(N)=O)c1. The van der Waals surface area contributed by atoms with Gasteiger partial charge < -0.3 is 5.73 Å². The van der Waals surface area contributed by atoms with Crippen molar-refractivity contribution >= 4 is 21.8 Å². The number of benzene rings is 1. The Hall–Kier alpha value is -1.34. The van der Waals surface area contributed by atoms with Crippen LogP contribution in [0, 0.1) is 11.3 Å². The smallest absolute Gasteiger partial charge is 0.248 e. The minimum absolute atomic E-state index is 0.369. The number of rotatable bonds is 2. The monoisotopic (exact) mass is 238 g/mol. The number of hydrogen-bond acceptors (Lipinski definition) is 2. The molecular weight excluding hydrogens is 232 g/mol. The van der Waals surface area contributed by atoms with Crippen molar-refractivity contribution in [1.82, 2.24) is 0 Å². The molecule has 0 atom stereocenters. The average Bonchev–Trinajstić information content (AvgIpc) is 2.16. The van der Waals surface area contributed by atoms with Crippen LogP contribution in [0.5, 0.6) is 0 Å². The molecule has 1 amide bonds. The second-order valence-corrected chi connectivity index (χ2v) is 3.09. The molecule has 4 heteroatoms. The molecule has 0 bridgehead atoms. The fourth-order valence-corrected chi connectivity index (χ4v) is 1.30. The number of nitrogens with zero attached hydrogens (tertiary/aromatic N) is 1. The van der Waals surface area contributed by atoms with E-state index in [0.29, 0.717) is 16.5 Å². The number of nitrogens with two attached hydrogens (primary N) is 1. The van der Waals surface area contributed by atoms with Gasteiger partial charge in [0.15, 0.2) is 0 Å². The molecule has 0 unspecified atom stereocenters. The summed E-state index contributed by atoms with van der Waals surface area (Å²) >= 11 is 3.24. The summed E-state index contributed by atoms with van der Waals surface area (Å²) in [6.07, 6.45) is 0. The summed E-state index contributed by atoms with van der Waals surface area (Å²) in [6, 6.07) is 6.82. The molecule has 3 nitrogen and oxygen atoms in total. The number of halogens is 1. The zero-order valence-electron chi connectivity index (χ0n) is 6.75. The van der Waals surface area contributed by atoms with Crippen molar-refractivity contribution in [1.29, 1.82) is 5.26 Å². The van der Waals surface area contributed by atoms with Gasteiger partial charge in [0, 0.05) is 10.9 Å². The molecule has 0 spiro atoms. The fourth-order valence-electron chi connectivity index (χ4n) is 0.976. The molecule has 0 aliphatic carbocycles. The number of primary amides is 1. The normalized spacial score (nSPS) is 9.23. The third kappa shape index (κ3) is 2.30. The molecule has 66 valence electrons. The largest absolute Gasteiger partial charge is 0.366 e. The summed E-state index contributed by atoms with van der Waals surface area (Å²) in [5.74, 6) is -0.515. The highest BCUT2D eigenvalue weighted by Crippen LogP contribution is 2.12. The first-order chi connectivity index (χ1) is 6.17. The van der Waals surface area contributed by atoms with Gasteiger partial charge in [-0.1, -0.05) is 15.9 Å². The maximum absolute atomic E-state index is 10.8. The highest BCUT2D eigenvalue weighted by atomic mass is 79.9. The van der Waals surface area contributed by atoms with Crippen LogP contribution < -0.4 is 5.73 Å². The highest BCUT2D eigenvalue weighted by Gasteiger charge is 2.04. The van der Waals surface area contributed by atoms with Gasteiger partial charge in [0.2, 0.25) is 5.91 Å². The number of hydrogen-bond donors (Lipinski definition) is 1. The summed E-state index contributed by atoms with van der Waals surface area (Å²) in [4.78, 5) is 10.8. The van der Waals surface area contributed by atoms with Gasteiger partial charge in [-0.2, -0.15) is 5.26 Å². The number of amides is 1. The van der Waals surface area contributed by atoms with Crippen LogP contribution in [0.4, 0.5) is 0 Å². The Kier molecular flexibility index (Phi) is 3.04. The molecule has 0 aliphatic rings. The van der Waals surface area contributed by atoms with E-state index in [0.717, 1.165) is 5.56 Å². The molecule has 0 saturated heterocycles. The lowest BCUT2D eigenvalue weighted by Gasteiger charge is -2.00. The lowest BCUT2D eigenvalue weighted by atomic mass is 10.1. The summed E-state index contributed by atoms with van der Waals surface area (Å²) < 4.78 is 0. The standard InChI is InChI=1S/C9H7BrN2O/c10-4-6-1-7(5-11)3-8(2-6)9(12)13/h1-3H,4H2,(H2,12,13). The summed E-state index contributed by atoms with van der Waals surface area (Å²) in [6.45, 7) is 0. The Bertz CT molecular complexity index is 382. The quantitative estimate of drug-likeness (QED) is 0.795. The van der Waals surface area contributed by atoms with Gasteiger partial charge in [-0.05, 0) is 23.8 Å². The van der Waals surface area contributed by atoms with Crippen LogP contribution in [0.15, 0.2) is 18.2 Å². The maximum Gasteiger partial charge on any atom is 0.248 e. The minimum Gasteiger partial charge on any atom is -0.366 e. The second kappa shape index (κ2) is 4.06. The predicted octanol–water partition coefficient (Wildman–Crippen LogP) is 1.55. The van der Waals surface area contributed by atoms with Crippen LogP contribution in [-0.2, 0) is 5.33 Å². The molecule has 2 N–H and O–H groups in total. The van der Waals surface area contributed by atoms with E-state index in [1.54, 1.807) is 12.1 Å². The van der Waals surface area contributed by atoms with Gasteiger partial charge in [0.25, 0.3) is 0 Å². The van der Waals surface area contributed by atoms with Gasteiger partial charge >= 0.3 is 0 Å². The van der Waals surface area contributed by atoms with Crippen LogP contribution in [-0.4, -0.2) is 5.91 Å². The first-order valence-electron chi connectivity index (χ1n) is 3.57. The van der Waals surface area contributed by atoms with Crippen molar-refractivity contribution in [3.05, 3.63) is 34.9 Å².